The van der Waals surface area contributed by atoms with Gasteiger partial charge in [0.1, 0.15) is 5.78 Å². The van der Waals surface area contributed by atoms with Crippen molar-refractivity contribution in [2.45, 2.75) is 32.1 Å². The molecule has 0 amide bonds. The van der Waals surface area contributed by atoms with E-state index in [1.54, 1.807) is 0 Å². The van der Waals surface area contributed by atoms with Crippen LogP contribution in [-0.2, 0) is 4.79 Å². The molecule has 1 spiro atoms. The van der Waals surface area contributed by atoms with Crippen molar-refractivity contribution in [2.24, 2.45) is 16.7 Å². The van der Waals surface area contributed by atoms with Crippen molar-refractivity contribution in [1.29, 1.82) is 0 Å². The molecule has 3 aliphatic carbocycles. The highest BCUT2D eigenvalue weighted by molar-refractivity contribution is 5.90. The highest BCUT2D eigenvalue weighted by Gasteiger charge is 2.73. The van der Waals surface area contributed by atoms with E-state index in [-0.39, 0.29) is 12.0 Å². The lowest BCUT2D eigenvalue weighted by atomic mass is 9.76. The average molecular weight is 166 g/mol. The zero-order chi connectivity index (χ0) is 8.40. The van der Waals surface area contributed by atoms with Gasteiger partial charge >= 0.3 is 0 Å². The van der Waals surface area contributed by atoms with E-state index in [1.807, 2.05) is 0 Å². The van der Waals surface area contributed by atoms with E-state index in [0.29, 0.717) is 17.1 Å². The van der Waals surface area contributed by atoms with Gasteiger partial charge in [-0.3, -0.25) is 4.79 Å². The van der Waals surface area contributed by atoms with Crippen LogP contribution in [0.4, 0.5) is 0 Å². The van der Waals surface area contributed by atoms with Crippen LogP contribution in [0.1, 0.15) is 32.1 Å². The Hall–Kier alpha value is -0.370. The Balaban J connectivity index is 2.11. The molecule has 0 aliphatic heterocycles. The van der Waals surface area contributed by atoms with Crippen LogP contribution in [0.5, 0.6) is 0 Å². The molecule has 2 bridgehead atoms. The number of rotatable bonds is 1. The Kier molecular flexibility index (Phi) is 1.04. The SMILES string of the molecule is O=C1C[C@H]2CC[C@]1(CO)C21CC1. The average Bonchev–Trinajstić information content (AvgIpc) is 2.75. The molecule has 0 aromatic heterocycles. The second kappa shape index (κ2) is 1.77. The van der Waals surface area contributed by atoms with Gasteiger partial charge in [-0.15, -0.1) is 0 Å². The minimum atomic E-state index is -0.266. The highest BCUT2D eigenvalue weighted by atomic mass is 16.3. The molecule has 0 aromatic carbocycles. The minimum Gasteiger partial charge on any atom is -0.395 e. The topological polar surface area (TPSA) is 37.3 Å². The fourth-order valence-electron chi connectivity index (χ4n) is 3.82. The van der Waals surface area contributed by atoms with Crippen LogP contribution in [0.15, 0.2) is 0 Å². The highest BCUT2D eigenvalue weighted by Crippen LogP contribution is 2.75. The van der Waals surface area contributed by atoms with Gasteiger partial charge in [0.25, 0.3) is 0 Å². The van der Waals surface area contributed by atoms with Crippen molar-refractivity contribution in [1.82, 2.24) is 0 Å². The van der Waals surface area contributed by atoms with E-state index >= 15 is 0 Å². The Morgan fingerprint density at radius 2 is 2.17 bits per heavy atom. The van der Waals surface area contributed by atoms with Crippen LogP contribution in [0.3, 0.4) is 0 Å². The molecule has 0 radical (unpaired) electrons. The smallest absolute Gasteiger partial charge is 0.142 e. The van der Waals surface area contributed by atoms with E-state index in [1.165, 1.54) is 19.3 Å². The van der Waals surface area contributed by atoms with Crippen molar-refractivity contribution >= 4 is 5.78 Å². The number of hydrogen-bond acceptors (Lipinski definition) is 2. The summed E-state index contributed by atoms with van der Waals surface area (Å²) in [6.45, 7) is 0.113. The molecule has 0 aromatic rings. The molecule has 3 aliphatic rings. The molecule has 3 saturated carbocycles. The first-order valence-electron chi connectivity index (χ1n) is 4.89. The standard InChI is InChI=1S/C10H14O2/c11-6-10-2-1-7(5-8(10)12)9(10)3-4-9/h7,11H,1-6H2/t7-,10-/m1/s1. The summed E-state index contributed by atoms with van der Waals surface area (Å²) in [5, 5.41) is 9.37. The first-order valence-corrected chi connectivity index (χ1v) is 4.89. The largest absolute Gasteiger partial charge is 0.395 e. The molecule has 12 heavy (non-hydrogen) atoms. The van der Waals surface area contributed by atoms with E-state index in [4.69, 9.17) is 0 Å². The van der Waals surface area contributed by atoms with Gasteiger partial charge in [0, 0.05) is 6.42 Å². The predicted octanol–water partition coefficient (Wildman–Crippen LogP) is 1.13. The lowest BCUT2D eigenvalue weighted by Gasteiger charge is -2.27. The summed E-state index contributed by atoms with van der Waals surface area (Å²) in [6.07, 6.45) is 5.31. The van der Waals surface area contributed by atoms with Crippen LogP contribution < -0.4 is 0 Å². The molecular formula is C10H14O2. The van der Waals surface area contributed by atoms with Crippen molar-refractivity contribution in [3.8, 4) is 0 Å². The number of ketones is 1. The maximum atomic E-state index is 11.7. The fourth-order valence-corrected chi connectivity index (χ4v) is 3.82. The second-order valence-corrected chi connectivity index (χ2v) is 4.76. The molecule has 3 rings (SSSR count). The first kappa shape index (κ1) is 7.07. The Bertz CT molecular complexity index is 255. The third kappa shape index (κ3) is 0.481. The van der Waals surface area contributed by atoms with Gasteiger partial charge in [-0.05, 0) is 37.0 Å². The maximum absolute atomic E-state index is 11.7. The first-order chi connectivity index (χ1) is 5.75. The summed E-state index contributed by atoms with van der Waals surface area (Å²) >= 11 is 0. The quantitative estimate of drug-likeness (QED) is 0.634. The summed E-state index contributed by atoms with van der Waals surface area (Å²) in [4.78, 5) is 11.7. The van der Waals surface area contributed by atoms with Crippen LogP contribution in [0.2, 0.25) is 0 Å². The van der Waals surface area contributed by atoms with Crippen LogP contribution in [-0.4, -0.2) is 17.5 Å². The molecule has 2 nitrogen and oxygen atoms in total. The number of aliphatic hydroxyl groups is 1. The van der Waals surface area contributed by atoms with Crippen LogP contribution in [0.25, 0.3) is 0 Å². The lowest BCUT2D eigenvalue weighted by molar-refractivity contribution is -0.130. The molecule has 0 heterocycles. The van der Waals surface area contributed by atoms with Gasteiger partial charge in [0.05, 0.1) is 12.0 Å². The van der Waals surface area contributed by atoms with Crippen LogP contribution in [0, 0.1) is 16.7 Å². The Morgan fingerprint density at radius 3 is 2.58 bits per heavy atom. The minimum absolute atomic E-state index is 0.113. The second-order valence-electron chi connectivity index (χ2n) is 4.76. The third-order valence-corrected chi connectivity index (χ3v) is 4.68. The lowest BCUT2D eigenvalue weighted by Crippen LogP contribution is -2.35. The number of hydrogen-bond donors (Lipinski definition) is 1. The molecular weight excluding hydrogens is 152 g/mol. The number of aliphatic hydroxyl groups excluding tert-OH is 1. The van der Waals surface area contributed by atoms with Crippen molar-refractivity contribution in [3.05, 3.63) is 0 Å². The number of carbonyl (C=O) groups excluding carboxylic acids is 1. The normalized spacial score (nSPS) is 47.4. The monoisotopic (exact) mass is 166 g/mol. The maximum Gasteiger partial charge on any atom is 0.142 e. The predicted molar refractivity (Wildman–Crippen MR) is 43.5 cm³/mol. The molecule has 2 atom stereocenters. The van der Waals surface area contributed by atoms with E-state index in [9.17, 15) is 9.90 Å². The van der Waals surface area contributed by atoms with Crippen molar-refractivity contribution < 1.29 is 9.90 Å². The zero-order valence-electron chi connectivity index (χ0n) is 7.18. The number of Topliss-reactive ketones (excluding diaryl/α,β-unsaturated/α-hetero) is 1. The summed E-state index contributed by atoms with van der Waals surface area (Å²) in [7, 11) is 0. The molecule has 66 valence electrons. The molecule has 0 unspecified atom stereocenters. The van der Waals surface area contributed by atoms with E-state index in [2.05, 4.69) is 0 Å². The van der Waals surface area contributed by atoms with Crippen LogP contribution >= 0.6 is 0 Å². The van der Waals surface area contributed by atoms with Crippen molar-refractivity contribution in [2.75, 3.05) is 6.61 Å². The summed E-state index contributed by atoms with van der Waals surface area (Å²) in [5.74, 6) is 0.996. The summed E-state index contributed by atoms with van der Waals surface area (Å²) in [5.41, 5.74) is 0.0243. The summed E-state index contributed by atoms with van der Waals surface area (Å²) in [6, 6.07) is 0. The summed E-state index contributed by atoms with van der Waals surface area (Å²) < 4.78 is 0. The van der Waals surface area contributed by atoms with Gasteiger partial charge in [-0.2, -0.15) is 0 Å². The third-order valence-electron chi connectivity index (χ3n) is 4.68. The van der Waals surface area contributed by atoms with Gasteiger partial charge in [0.15, 0.2) is 0 Å². The van der Waals surface area contributed by atoms with E-state index in [0.717, 1.165) is 12.8 Å². The van der Waals surface area contributed by atoms with Gasteiger partial charge in [0.2, 0.25) is 0 Å². The molecule has 0 saturated heterocycles. The van der Waals surface area contributed by atoms with Crippen molar-refractivity contribution in [3.63, 3.8) is 0 Å². The number of carbonyl (C=O) groups is 1. The Labute approximate surface area is 72.0 Å². The van der Waals surface area contributed by atoms with Gasteiger partial charge < -0.3 is 5.11 Å². The van der Waals surface area contributed by atoms with Gasteiger partial charge in [-0.25, -0.2) is 0 Å². The molecule has 2 heteroatoms. The van der Waals surface area contributed by atoms with Gasteiger partial charge in [-0.1, -0.05) is 0 Å². The zero-order valence-corrected chi connectivity index (χ0v) is 7.18. The van der Waals surface area contributed by atoms with E-state index < -0.39 is 0 Å². The molecule has 3 fully saturated rings. The molecule has 1 N–H and O–H groups in total. The Morgan fingerprint density at radius 1 is 1.42 bits per heavy atom. The fraction of sp³-hybridized carbons (Fsp3) is 0.900.